The highest BCUT2D eigenvalue weighted by Gasteiger charge is 2.22. The summed E-state index contributed by atoms with van der Waals surface area (Å²) in [5, 5.41) is 9.32. The van der Waals surface area contributed by atoms with Crippen LogP contribution in [0, 0.1) is 0 Å². The van der Waals surface area contributed by atoms with E-state index in [1.807, 2.05) is 49.4 Å². The van der Waals surface area contributed by atoms with Gasteiger partial charge in [-0.1, -0.05) is 54.6 Å². The molecule has 0 aliphatic carbocycles. The molecule has 0 radical (unpaired) electrons. The molecule has 1 aliphatic heterocycles. The van der Waals surface area contributed by atoms with Crippen molar-refractivity contribution in [2.75, 3.05) is 6.61 Å². The fraction of sp³-hybridized carbons (Fsp3) is 0.321. The molecule has 5 heteroatoms. The van der Waals surface area contributed by atoms with Gasteiger partial charge in [0.05, 0.1) is 0 Å². The number of aryl methyl sites for hydroxylation is 1. The summed E-state index contributed by atoms with van der Waals surface area (Å²) in [6, 6.07) is 24.3. The maximum Gasteiger partial charge on any atom is 0.333 e. The van der Waals surface area contributed by atoms with Crippen molar-refractivity contribution in [3.8, 4) is 11.5 Å². The van der Waals surface area contributed by atoms with E-state index in [0.717, 1.165) is 47.5 Å². The van der Waals surface area contributed by atoms with Gasteiger partial charge in [-0.25, -0.2) is 4.79 Å². The number of carboxylic acids is 1. The van der Waals surface area contributed by atoms with Crippen molar-refractivity contribution in [2.24, 2.45) is 0 Å². The molecule has 0 bridgehead atoms. The van der Waals surface area contributed by atoms with Crippen LogP contribution < -0.4 is 9.47 Å². The van der Waals surface area contributed by atoms with Crippen LogP contribution in [-0.4, -0.2) is 29.9 Å². The molecular weight excluding hydrogens is 416 g/mol. The van der Waals surface area contributed by atoms with Crippen molar-refractivity contribution in [3.63, 3.8) is 0 Å². The summed E-state index contributed by atoms with van der Waals surface area (Å²) in [6.45, 7) is 2.75. The minimum absolute atomic E-state index is 0.120. The Morgan fingerprint density at radius 2 is 1.79 bits per heavy atom. The van der Waals surface area contributed by atoms with Crippen molar-refractivity contribution in [2.45, 2.75) is 51.4 Å². The Morgan fingerprint density at radius 3 is 2.52 bits per heavy atom. The van der Waals surface area contributed by atoms with E-state index in [4.69, 9.17) is 14.2 Å². The van der Waals surface area contributed by atoms with E-state index in [1.54, 1.807) is 0 Å². The lowest BCUT2D eigenvalue weighted by Crippen LogP contribution is -2.27. The van der Waals surface area contributed by atoms with Crippen LogP contribution in [-0.2, 0) is 35.4 Å². The number of ether oxygens (including phenoxy) is 3. The van der Waals surface area contributed by atoms with Crippen LogP contribution in [0.25, 0.3) is 0 Å². The van der Waals surface area contributed by atoms with Crippen LogP contribution in [0.3, 0.4) is 0 Å². The lowest BCUT2D eigenvalue weighted by molar-refractivity contribution is -0.149. The van der Waals surface area contributed by atoms with Crippen molar-refractivity contribution in [1.82, 2.24) is 0 Å². The first-order chi connectivity index (χ1) is 16.1. The van der Waals surface area contributed by atoms with Gasteiger partial charge >= 0.3 is 5.97 Å². The van der Waals surface area contributed by atoms with Gasteiger partial charge in [0.2, 0.25) is 0 Å². The zero-order valence-corrected chi connectivity index (χ0v) is 18.9. The number of hydrogen-bond acceptors (Lipinski definition) is 4. The Hall–Kier alpha value is -3.31. The quantitative estimate of drug-likeness (QED) is 0.462. The van der Waals surface area contributed by atoms with Crippen molar-refractivity contribution < 1.29 is 24.1 Å². The summed E-state index contributed by atoms with van der Waals surface area (Å²) >= 11 is 0. The molecule has 3 aromatic carbocycles. The monoisotopic (exact) mass is 446 g/mol. The molecule has 4 rings (SSSR count). The van der Waals surface area contributed by atoms with Crippen molar-refractivity contribution >= 4 is 5.97 Å². The Balaban J connectivity index is 1.31. The highest BCUT2D eigenvalue weighted by atomic mass is 16.5. The number of fused-ring (bicyclic) bond motifs is 1. The summed E-state index contributed by atoms with van der Waals surface area (Å²) in [7, 11) is 0. The molecule has 2 atom stereocenters. The molecule has 5 nitrogen and oxygen atoms in total. The molecule has 3 aromatic rings. The molecule has 172 valence electrons. The molecule has 1 aliphatic rings. The van der Waals surface area contributed by atoms with Gasteiger partial charge in [0.15, 0.2) is 6.10 Å². The summed E-state index contributed by atoms with van der Waals surface area (Å²) in [5.74, 6) is 0.820. The number of hydrogen-bond donors (Lipinski definition) is 1. The van der Waals surface area contributed by atoms with Crippen LogP contribution >= 0.6 is 0 Å². The Bertz CT molecular complexity index is 1050. The molecule has 0 unspecified atom stereocenters. The molecule has 0 amide bonds. The van der Waals surface area contributed by atoms with Crippen molar-refractivity contribution in [3.05, 3.63) is 95.1 Å². The molecule has 0 fully saturated rings. The van der Waals surface area contributed by atoms with E-state index in [9.17, 15) is 9.90 Å². The minimum atomic E-state index is -0.928. The van der Waals surface area contributed by atoms with Gasteiger partial charge in [-0.2, -0.15) is 0 Å². The van der Waals surface area contributed by atoms with Crippen LogP contribution in [0.4, 0.5) is 0 Å². The fourth-order valence-electron chi connectivity index (χ4n) is 4.13. The summed E-state index contributed by atoms with van der Waals surface area (Å²) < 4.78 is 17.5. The first kappa shape index (κ1) is 22.9. The minimum Gasteiger partial charge on any atom is -0.490 e. The number of benzene rings is 3. The molecular formula is C28H30O5. The van der Waals surface area contributed by atoms with Crippen LogP contribution in [0.2, 0.25) is 0 Å². The smallest absolute Gasteiger partial charge is 0.333 e. The topological polar surface area (TPSA) is 65.0 Å². The second-order valence-electron chi connectivity index (χ2n) is 8.33. The normalized spacial score (nSPS) is 15.8. The SMILES string of the molecule is CCO[C@@H](Cc1ccc2c(c1)CC[C@H](Cc1ccc(OCc3ccccc3)cc1)O2)C(=O)O. The average Bonchev–Trinajstić information content (AvgIpc) is 2.84. The van der Waals surface area contributed by atoms with Gasteiger partial charge in [-0.05, 0) is 60.2 Å². The average molecular weight is 447 g/mol. The Kier molecular flexibility index (Phi) is 7.63. The maximum atomic E-state index is 11.4. The highest BCUT2D eigenvalue weighted by Crippen LogP contribution is 2.30. The predicted octanol–water partition coefficient (Wildman–Crippen LogP) is 5.23. The zero-order valence-electron chi connectivity index (χ0n) is 18.9. The lowest BCUT2D eigenvalue weighted by atomic mass is 9.95. The van der Waals surface area contributed by atoms with Gasteiger partial charge in [0, 0.05) is 19.4 Å². The molecule has 0 saturated carbocycles. The van der Waals surface area contributed by atoms with Gasteiger partial charge in [-0.3, -0.25) is 0 Å². The van der Waals surface area contributed by atoms with E-state index < -0.39 is 12.1 Å². The zero-order chi connectivity index (χ0) is 23.0. The second-order valence-corrected chi connectivity index (χ2v) is 8.33. The summed E-state index contributed by atoms with van der Waals surface area (Å²) in [6.07, 6.45) is 2.35. The van der Waals surface area contributed by atoms with Gasteiger partial charge in [0.25, 0.3) is 0 Å². The molecule has 1 heterocycles. The van der Waals surface area contributed by atoms with Gasteiger partial charge in [0.1, 0.15) is 24.2 Å². The molecule has 1 N–H and O–H groups in total. The number of rotatable bonds is 10. The van der Waals surface area contributed by atoms with E-state index in [-0.39, 0.29) is 6.10 Å². The fourth-order valence-corrected chi connectivity index (χ4v) is 4.13. The maximum absolute atomic E-state index is 11.4. The highest BCUT2D eigenvalue weighted by molar-refractivity contribution is 5.72. The lowest BCUT2D eigenvalue weighted by Gasteiger charge is -2.27. The van der Waals surface area contributed by atoms with Crippen LogP contribution in [0.15, 0.2) is 72.8 Å². The van der Waals surface area contributed by atoms with Crippen molar-refractivity contribution in [1.29, 1.82) is 0 Å². The van der Waals surface area contributed by atoms with E-state index in [0.29, 0.717) is 19.6 Å². The summed E-state index contributed by atoms with van der Waals surface area (Å²) in [5.41, 5.74) is 4.46. The molecule has 0 saturated heterocycles. The predicted molar refractivity (Wildman–Crippen MR) is 127 cm³/mol. The molecule has 0 aromatic heterocycles. The Labute approximate surface area is 194 Å². The first-order valence-electron chi connectivity index (χ1n) is 11.5. The standard InChI is InChI=1S/C28H30O5/c1-2-31-27(28(29)30)18-22-10-15-26-23(16-22)11-14-25(33-26)17-20-8-12-24(13-9-20)32-19-21-6-4-3-5-7-21/h3-10,12-13,15-16,25,27H,2,11,14,17-19H2,1H3,(H,29,30)/t25-,27+/m1/s1. The van der Waals surface area contributed by atoms with Gasteiger partial charge in [-0.15, -0.1) is 0 Å². The first-order valence-corrected chi connectivity index (χ1v) is 11.5. The van der Waals surface area contributed by atoms with E-state index in [1.165, 1.54) is 5.56 Å². The third-order valence-electron chi connectivity index (χ3n) is 5.85. The number of carbonyl (C=O) groups is 1. The third kappa shape index (κ3) is 6.36. The Morgan fingerprint density at radius 1 is 1.03 bits per heavy atom. The largest absolute Gasteiger partial charge is 0.490 e. The second kappa shape index (κ2) is 11.0. The van der Waals surface area contributed by atoms with Gasteiger partial charge < -0.3 is 19.3 Å². The number of carboxylic acid groups (broad SMARTS) is 1. The number of aliphatic carboxylic acids is 1. The summed E-state index contributed by atoms with van der Waals surface area (Å²) in [4.78, 5) is 11.4. The molecule has 33 heavy (non-hydrogen) atoms. The van der Waals surface area contributed by atoms with E-state index in [2.05, 4.69) is 30.3 Å². The van der Waals surface area contributed by atoms with Crippen LogP contribution in [0.1, 0.15) is 35.6 Å². The third-order valence-corrected chi connectivity index (χ3v) is 5.85. The molecule has 0 spiro atoms. The van der Waals surface area contributed by atoms with Crippen LogP contribution in [0.5, 0.6) is 11.5 Å². The van der Waals surface area contributed by atoms with E-state index >= 15 is 0 Å².